The number of nitrogens with zero attached hydrogens (tertiary/aromatic N) is 2. The lowest BCUT2D eigenvalue weighted by Gasteiger charge is -2.10. The molecule has 0 aliphatic heterocycles. The summed E-state index contributed by atoms with van der Waals surface area (Å²) in [7, 11) is 1.43. The molecule has 27 heavy (non-hydrogen) atoms. The first-order valence-electron chi connectivity index (χ1n) is 8.33. The number of aryl methyl sites for hydroxylation is 1. The molecular formula is C20H19ClFN3O2. The number of carbonyl (C=O) groups excluding carboxylic acids is 1. The maximum Gasteiger partial charge on any atom is 0.229 e. The maximum absolute atomic E-state index is 13.3. The molecule has 3 aromatic rings. The van der Waals surface area contributed by atoms with E-state index in [2.05, 4.69) is 10.4 Å². The molecule has 0 aliphatic carbocycles. The van der Waals surface area contributed by atoms with Crippen LogP contribution in [0.5, 0.6) is 5.75 Å². The highest BCUT2D eigenvalue weighted by atomic mass is 35.5. The van der Waals surface area contributed by atoms with Crippen molar-refractivity contribution in [3.63, 3.8) is 0 Å². The van der Waals surface area contributed by atoms with E-state index < -0.39 is 5.82 Å². The van der Waals surface area contributed by atoms with E-state index in [1.807, 2.05) is 26.0 Å². The van der Waals surface area contributed by atoms with Crippen LogP contribution in [0.4, 0.5) is 10.1 Å². The highest BCUT2D eigenvalue weighted by Gasteiger charge is 2.17. The van der Waals surface area contributed by atoms with Crippen LogP contribution in [0.2, 0.25) is 5.02 Å². The van der Waals surface area contributed by atoms with Crippen LogP contribution in [0.15, 0.2) is 42.5 Å². The monoisotopic (exact) mass is 387 g/mol. The van der Waals surface area contributed by atoms with E-state index in [-0.39, 0.29) is 18.1 Å². The quantitative estimate of drug-likeness (QED) is 0.702. The lowest BCUT2D eigenvalue weighted by Crippen LogP contribution is -2.16. The van der Waals surface area contributed by atoms with Crippen molar-refractivity contribution >= 4 is 23.2 Å². The zero-order chi connectivity index (χ0) is 19.6. The highest BCUT2D eigenvalue weighted by molar-refractivity contribution is 6.30. The van der Waals surface area contributed by atoms with Crippen LogP contribution < -0.4 is 10.1 Å². The molecule has 140 valence electrons. The van der Waals surface area contributed by atoms with Crippen molar-refractivity contribution in [2.75, 3.05) is 12.4 Å². The molecule has 0 saturated heterocycles. The third-order valence-electron chi connectivity index (χ3n) is 4.29. The molecule has 2 aromatic carbocycles. The van der Waals surface area contributed by atoms with Gasteiger partial charge in [-0.05, 0) is 50.2 Å². The van der Waals surface area contributed by atoms with Gasteiger partial charge in [-0.25, -0.2) is 9.07 Å². The first-order chi connectivity index (χ1) is 12.9. The lowest BCUT2D eigenvalue weighted by molar-refractivity contribution is -0.115. The van der Waals surface area contributed by atoms with Crippen LogP contribution in [0.3, 0.4) is 0 Å². The summed E-state index contributed by atoms with van der Waals surface area (Å²) in [5.41, 5.74) is 3.76. The van der Waals surface area contributed by atoms with E-state index in [0.29, 0.717) is 10.7 Å². The SMILES string of the molecule is COc1cc(F)ccc1NC(=O)Cc1c(C)nn(-c2ccc(Cl)cc2)c1C. The molecule has 0 fully saturated rings. The summed E-state index contributed by atoms with van der Waals surface area (Å²) in [6, 6.07) is 11.3. The Morgan fingerprint density at radius 1 is 1.22 bits per heavy atom. The maximum atomic E-state index is 13.3. The van der Waals surface area contributed by atoms with Gasteiger partial charge in [0, 0.05) is 22.3 Å². The van der Waals surface area contributed by atoms with E-state index in [1.54, 1.807) is 16.8 Å². The third kappa shape index (κ3) is 4.11. The zero-order valence-electron chi connectivity index (χ0n) is 15.2. The summed E-state index contributed by atoms with van der Waals surface area (Å²) in [4.78, 5) is 12.5. The molecular weight excluding hydrogens is 369 g/mol. The fraction of sp³-hybridized carbons (Fsp3) is 0.200. The molecule has 1 heterocycles. The molecule has 5 nitrogen and oxygen atoms in total. The summed E-state index contributed by atoms with van der Waals surface area (Å²) in [5.74, 6) is -0.392. The van der Waals surface area contributed by atoms with Crippen LogP contribution in [0, 0.1) is 19.7 Å². The Kier molecular flexibility index (Phi) is 5.46. The molecule has 0 saturated carbocycles. The normalized spacial score (nSPS) is 10.7. The summed E-state index contributed by atoms with van der Waals surface area (Å²) in [6.45, 7) is 3.77. The molecule has 1 aromatic heterocycles. The van der Waals surface area contributed by atoms with E-state index in [0.717, 1.165) is 22.6 Å². The molecule has 1 N–H and O–H groups in total. The van der Waals surface area contributed by atoms with Gasteiger partial charge in [0.05, 0.1) is 30.6 Å². The Hall–Kier alpha value is -2.86. The highest BCUT2D eigenvalue weighted by Crippen LogP contribution is 2.26. The summed E-state index contributed by atoms with van der Waals surface area (Å²) in [6.07, 6.45) is 0.145. The van der Waals surface area contributed by atoms with Gasteiger partial charge in [0.1, 0.15) is 11.6 Å². The fourth-order valence-corrected chi connectivity index (χ4v) is 3.01. The minimum absolute atomic E-state index is 0.145. The minimum Gasteiger partial charge on any atom is -0.494 e. The third-order valence-corrected chi connectivity index (χ3v) is 4.54. The van der Waals surface area contributed by atoms with Crippen LogP contribution in [-0.2, 0) is 11.2 Å². The number of ether oxygens (including phenoxy) is 1. The number of amides is 1. The number of methoxy groups -OCH3 is 1. The van der Waals surface area contributed by atoms with Gasteiger partial charge in [-0.15, -0.1) is 0 Å². The van der Waals surface area contributed by atoms with Gasteiger partial charge < -0.3 is 10.1 Å². The second-order valence-corrected chi connectivity index (χ2v) is 6.54. The van der Waals surface area contributed by atoms with Gasteiger partial charge in [0.25, 0.3) is 0 Å². The summed E-state index contributed by atoms with van der Waals surface area (Å²) in [5, 5.41) is 7.94. The predicted octanol–water partition coefficient (Wildman–Crippen LogP) is 4.47. The van der Waals surface area contributed by atoms with Gasteiger partial charge in [-0.2, -0.15) is 5.10 Å². The van der Waals surface area contributed by atoms with Crippen molar-refractivity contribution in [2.45, 2.75) is 20.3 Å². The van der Waals surface area contributed by atoms with Crippen molar-refractivity contribution in [3.05, 3.63) is 70.3 Å². The second-order valence-electron chi connectivity index (χ2n) is 6.11. The van der Waals surface area contributed by atoms with Crippen LogP contribution in [0.25, 0.3) is 5.69 Å². The Morgan fingerprint density at radius 2 is 1.93 bits per heavy atom. The van der Waals surface area contributed by atoms with Crippen molar-refractivity contribution in [1.29, 1.82) is 0 Å². The Labute approximate surface area is 161 Å². The number of hydrogen-bond donors (Lipinski definition) is 1. The number of carbonyl (C=O) groups is 1. The molecule has 1 amide bonds. The van der Waals surface area contributed by atoms with Crippen molar-refractivity contribution < 1.29 is 13.9 Å². The van der Waals surface area contributed by atoms with Crippen LogP contribution in [-0.4, -0.2) is 22.8 Å². The van der Waals surface area contributed by atoms with Crippen LogP contribution >= 0.6 is 11.6 Å². The molecule has 0 radical (unpaired) electrons. The van der Waals surface area contributed by atoms with Gasteiger partial charge in [-0.3, -0.25) is 4.79 Å². The van der Waals surface area contributed by atoms with E-state index in [9.17, 15) is 9.18 Å². The zero-order valence-corrected chi connectivity index (χ0v) is 16.0. The number of nitrogens with one attached hydrogen (secondary N) is 1. The fourth-order valence-electron chi connectivity index (χ4n) is 2.89. The van der Waals surface area contributed by atoms with Gasteiger partial charge >= 0.3 is 0 Å². The van der Waals surface area contributed by atoms with Crippen molar-refractivity contribution in [1.82, 2.24) is 9.78 Å². The average molecular weight is 388 g/mol. The molecule has 0 atom stereocenters. The van der Waals surface area contributed by atoms with Gasteiger partial charge in [-0.1, -0.05) is 11.6 Å². The standard InChI is InChI=1S/C20H19ClFN3O2/c1-12-17(13(2)25(24-12)16-7-4-14(21)5-8-16)11-20(26)23-18-9-6-15(22)10-19(18)27-3/h4-10H,11H2,1-3H3,(H,23,26). The van der Waals surface area contributed by atoms with Crippen molar-refractivity contribution in [2.24, 2.45) is 0 Å². The second kappa shape index (κ2) is 7.80. The summed E-state index contributed by atoms with van der Waals surface area (Å²) < 4.78 is 20.2. The predicted molar refractivity (Wildman–Crippen MR) is 103 cm³/mol. The van der Waals surface area contributed by atoms with Gasteiger partial charge in [0.15, 0.2) is 0 Å². The first kappa shape index (κ1) is 18.9. The number of rotatable bonds is 5. The first-order valence-corrected chi connectivity index (χ1v) is 8.71. The smallest absolute Gasteiger partial charge is 0.229 e. The minimum atomic E-state index is -0.430. The van der Waals surface area contributed by atoms with Crippen molar-refractivity contribution in [3.8, 4) is 11.4 Å². The van der Waals surface area contributed by atoms with Crippen LogP contribution in [0.1, 0.15) is 17.0 Å². The molecule has 7 heteroatoms. The van der Waals surface area contributed by atoms with E-state index >= 15 is 0 Å². The topological polar surface area (TPSA) is 56.1 Å². The Morgan fingerprint density at radius 3 is 2.59 bits per heavy atom. The molecule has 3 rings (SSSR count). The molecule has 0 bridgehead atoms. The Balaban J connectivity index is 1.82. The largest absolute Gasteiger partial charge is 0.494 e. The van der Waals surface area contributed by atoms with E-state index in [4.69, 9.17) is 16.3 Å². The molecule has 0 unspecified atom stereocenters. The lowest BCUT2D eigenvalue weighted by atomic mass is 10.1. The van der Waals surface area contributed by atoms with E-state index in [1.165, 1.54) is 25.3 Å². The Bertz CT molecular complexity index is 984. The molecule has 0 spiro atoms. The average Bonchev–Trinajstić information content (AvgIpc) is 2.92. The molecule has 0 aliphatic rings. The summed E-state index contributed by atoms with van der Waals surface area (Å²) >= 11 is 5.94. The van der Waals surface area contributed by atoms with Gasteiger partial charge in [0.2, 0.25) is 5.91 Å². The number of hydrogen-bond acceptors (Lipinski definition) is 3. The number of halogens is 2. The number of benzene rings is 2. The number of anilines is 1. The number of aromatic nitrogens is 2.